The standard InChI is InChI=1S/C15H22N4O.ClH/c16-13-5-4-9-7-19(8-12(9)13)15(20)10-2-1-3-14-11(10)6-17-18-14;/h6,9-10,12-13H,1-5,7-8,16H2,(H,17,18);1H. The molecule has 3 aliphatic rings. The molecule has 0 spiro atoms. The zero-order chi connectivity index (χ0) is 13.7. The first-order valence-corrected chi connectivity index (χ1v) is 7.80. The molecular formula is C15H23ClN4O. The lowest BCUT2D eigenvalue weighted by molar-refractivity contribution is -0.132. The summed E-state index contributed by atoms with van der Waals surface area (Å²) in [4.78, 5) is 14.9. The summed E-state index contributed by atoms with van der Waals surface area (Å²) in [6, 6.07) is 0.300. The minimum atomic E-state index is 0. The van der Waals surface area contributed by atoms with Gasteiger partial charge in [-0.1, -0.05) is 0 Å². The van der Waals surface area contributed by atoms with E-state index in [1.807, 2.05) is 6.20 Å². The lowest BCUT2D eigenvalue weighted by Crippen LogP contribution is -2.37. The number of hydrogen-bond acceptors (Lipinski definition) is 3. The summed E-state index contributed by atoms with van der Waals surface area (Å²) in [7, 11) is 0. The van der Waals surface area contributed by atoms with Crippen LogP contribution >= 0.6 is 12.4 Å². The Morgan fingerprint density at radius 3 is 3.00 bits per heavy atom. The fraction of sp³-hybridized carbons (Fsp3) is 0.733. The van der Waals surface area contributed by atoms with Crippen molar-refractivity contribution in [3.63, 3.8) is 0 Å². The highest BCUT2D eigenvalue weighted by Crippen LogP contribution is 2.39. The maximum Gasteiger partial charge on any atom is 0.230 e. The number of nitrogens with one attached hydrogen (secondary N) is 1. The molecule has 2 heterocycles. The van der Waals surface area contributed by atoms with Crippen LogP contribution in [0.5, 0.6) is 0 Å². The van der Waals surface area contributed by atoms with Gasteiger partial charge in [0, 0.05) is 30.4 Å². The molecule has 1 aromatic heterocycles. The van der Waals surface area contributed by atoms with Crippen LogP contribution in [0.2, 0.25) is 0 Å². The second-order valence-electron chi connectivity index (χ2n) is 6.66. The molecule has 4 unspecified atom stereocenters. The van der Waals surface area contributed by atoms with Gasteiger partial charge in [-0.05, 0) is 43.9 Å². The highest BCUT2D eigenvalue weighted by molar-refractivity contribution is 5.85. The van der Waals surface area contributed by atoms with Gasteiger partial charge in [-0.2, -0.15) is 5.10 Å². The van der Waals surface area contributed by atoms with Gasteiger partial charge in [0.2, 0.25) is 5.91 Å². The van der Waals surface area contributed by atoms with Crippen LogP contribution in [0.25, 0.3) is 0 Å². The molecule has 3 N–H and O–H groups in total. The maximum atomic E-state index is 12.8. The number of likely N-dealkylation sites (tertiary alicyclic amines) is 1. The van der Waals surface area contributed by atoms with Crippen LogP contribution in [0.3, 0.4) is 0 Å². The van der Waals surface area contributed by atoms with E-state index in [2.05, 4.69) is 15.1 Å². The molecule has 4 rings (SSSR count). The molecule has 0 bridgehead atoms. The average Bonchev–Trinajstić information content (AvgIpc) is 3.14. The summed E-state index contributed by atoms with van der Waals surface area (Å²) >= 11 is 0. The molecule has 21 heavy (non-hydrogen) atoms. The summed E-state index contributed by atoms with van der Waals surface area (Å²) in [5, 5.41) is 7.16. The lowest BCUT2D eigenvalue weighted by Gasteiger charge is -2.27. The normalized spacial score (nSPS) is 34.2. The lowest BCUT2D eigenvalue weighted by atomic mass is 9.86. The Bertz CT molecular complexity index is 531. The fourth-order valence-electron chi connectivity index (χ4n) is 4.43. The van der Waals surface area contributed by atoms with Crippen LogP contribution < -0.4 is 5.73 Å². The predicted octanol–water partition coefficient (Wildman–Crippen LogP) is 1.45. The van der Waals surface area contributed by atoms with E-state index >= 15 is 0 Å². The third-order valence-electron chi connectivity index (χ3n) is 5.57. The number of amides is 1. The molecule has 2 fully saturated rings. The summed E-state index contributed by atoms with van der Waals surface area (Å²) in [6.45, 7) is 1.79. The molecular weight excluding hydrogens is 288 g/mol. The summed E-state index contributed by atoms with van der Waals surface area (Å²) in [5.74, 6) is 1.49. The Balaban J connectivity index is 0.00000132. The van der Waals surface area contributed by atoms with Crippen LogP contribution in [-0.2, 0) is 11.2 Å². The number of H-pyrrole nitrogens is 1. The van der Waals surface area contributed by atoms with Crippen LogP contribution in [-0.4, -0.2) is 40.1 Å². The van der Waals surface area contributed by atoms with E-state index in [1.165, 1.54) is 6.42 Å². The summed E-state index contributed by atoms with van der Waals surface area (Å²) in [5.41, 5.74) is 8.45. The predicted molar refractivity (Wildman–Crippen MR) is 82.3 cm³/mol. The molecule has 0 radical (unpaired) electrons. The number of aromatic amines is 1. The molecule has 6 heteroatoms. The first-order chi connectivity index (χ1) is 9.74. The zero-order valence-corrected chi connectivity index (χ0v) is 12.9. The number of nitrogens with zero attached hydrogens (tertiary/aromatic N) is 2. The number of aryl methyl sites for hydroxylation is 1. The van der Waals surface area contributed by atoms with Gasteiger partial charge in [0.15, 0.2) is 0 Å². The van der Waals surface area contributed by atoms with Crippen molar-refractivity contribution in [2.24, 2.45) is 17.6 Å². The highest BCUT2D eigenvalue weighted by Gasteiger charge is 2.44. The molecule has 116 valence electrons. The van der Waals surface area contributed by atoms with Crippen molar-refractivity contribution in [2.75, 3.05) is 13.1 Å². The van der Waals surface area contributed by atoms with E-state index in [-0.39, 0.29) is 18.3 Å². The molecule has 2 aliphatic carbocycles. The Labute approximate surface area is 131 Å². The fourth-order valence-corrected chi connectivity index (χ4v) is 4.43. The van der Waals surface area contributed by atoms with Crippen molar-refractivity contribution < 1.29 is 4.79 Å². The molecule has 1 saturated carbocycles. The van der Waals surface area contributed by atoms with Gasteiger partial charge in [0.25, 0.3) is 0 Å². The number of nitrogens with two attached hydrogens (primary N) is 1. The zero-order valence-electron chi connectivity index (χ0n) is 12.1. The van der Waals surface area contributed by atoms with Crippen molar-refractivity contribution in [2.45, 2.75) is 44.1 Å². The first kappa shape index (κ1) is 14.9. The Hall–Kier alpha value is -1.07. The van der Waals surface area contributed by atoms with E-state index in [0.717, 1.165) is 50.0 Å². The molecule has 1 aliphatic heterocycles. The van der Waals surface area contributed by atoms with Crippen LogP contribution in [0.15, 0.2) is 6.20 Å². The van der Waals surface area contributed by atoms with Gasteiger partial charge in [-0.3, -0.25) is 9.89 Å². The number of aromatic nitrogens is 2. The van der Waals surface area contributed by atoms with E-state index < -0.39 is 0 Å². The van der Waals surface area contributed by atoms with Gasteiger partial charge >= 0.3 is 0 Å². The third-order valence-corrected chi connectivity index (χ3v) is 5.57. The van der Waals surface area contributed by atoms with E-state index in [1.54, 1.807) is 0 Å². The number of carbonyl (C=O) groups excluding carboxylic acids is 1. The van der Waals surface area contributed by atoms with E-state index in [9.17, 15) is 4.79 Å². The van der Waals surface area contributed by atoms with Gasteiger partial charge < -0.3 is 10.6 Å². The van der Waals surface area contributed by atoms with Gasteiger partial charge in [-0.25, -0.2) is 0 Å². The first-order valence-electron chi connectivity index (χ1n) is 7.80. The largest absolute Gasteiger partial charge is 0.342 e. The SMILES string of the molecule is Cl.NC1CCC2CN(C(=O)C3CCCc4[nH]ncc43)CC12. The monoisotopic (exact) mass is 310 g/mol. The smallest absolute Gasteiger partial charge is 0.230 e. The maximum absolute atomic E-state index is 12.8. The van der Waals surface area contributed by atoms with Crippen molar-refractivity contribution in [1.29, 1.82) is 0 Å². The van der Waals surface area contributed by atoms with Gasteiger partial charge in [0.05, 0.1) is 12.1 Å². The van der Waals surface area contributed by atoms with E-state index in [4.69, 9.17) is 5.73 Å². The molecule has 4 atom stereocenters. The molecule has 1 saturated heterocycles. The second kappa shape index (κ2) is 5.61. The molecule has 1 amide bonds. The number of halogens is 1. The Kier molecular flexibility index (Phi) is 3.97. The van der Waals surface area contributed by atoms with Crippen molar-refractivity contribution in [3.05, 3.63) is 17.5 Å². The topological polar surface area (TPSA) is 75.0 Å². The number of carbonyl (C=O) groups is 1. The Morgan fingerprint density at radius 2 is 2.19 bits per heavy atom. The number of rotatable bonds is 1. The molecule has 0 aromatic carbocycles. The van der Waals surface area contributed by atoms with E-state index in [0.29, 0.717) is 23.8 Å². The van der Waals surface area contributed by atoms with Crippen LogP contribution in [0.4, 0.5) is 0 Å². The quantitative estimate of drug-likeness (QED) is 0.824. The summed E-state index contributed by atoms with van der Waals surface area (Å²) < 4.78 is 0. The van der Waals surface area contributed by atoms with Crippen molar-refractivity contribution >= 4 is 18.3 Å². The Morgan fingerprint density at radius 1 is 1.33 bits per heavy atom. The second-order valence-corrected chi connectivity index (χ2v) is 6.66. The number of hydrogen-bond donors (Lipinski definition) is 2. The minimum Gasteiger partial charge on any atom is -0.342 e. The minimum absolute atomic E-state index is 0. The van der Waals surface area contributed by atoms with Crippen LogP contribution in [0.1, 0.15) is 42.9 Å². The molecule has 1 aromatic rings. The van der Waals surface area contributed by atoms with Crippen molar-refractivity contribution in [1.82, 2.24) is 15.1 Å². The molecule has 5 nitrogen and oxygen atoms in total. The average molecular weight is 311 g/mol. The summed E-state index contributed by atoms with van der Waals surface area (Å²) in [6.07, 6.45) is 7.23. The van der Waals surface area contributed by atoms with Crippen molar-refractivity contribution in [3.8, 4) is 0 Å². The number of fused-ring (bicyclic) bond motifs is 2. The van der Waals surface area contributed by atoms with Gasteiger partial charge in [0.1, 0.15) is 0 Å². The highest BCUT2D eigenvalue weighted by atomic mass is 35.5. The van der Waals surface area contributed by atoms with Gasteiger partial charge in [-0.15, -0.1) is 12.4 Å². The third kappa shape index (κ3) is 2.36. The van der Waals surface area contributed by atoms with Crippen LogP contribution in [0, 0.1) is 11.8 Å².